The van der Waals surface area contributed by atoms with E-state index in [1.54, 1.807) is 30.7 Å². The summed E-state index contributed by atoms with van der Waals surface area (Å²) < 4.78 is 1.49. The fourth-order valence-electron chi connectivity index (χ4n) is 2.14. The number of amides is 1. The Morgan fingerprint density at radius 3 is 2.81 bits per heavy atom. The van der Waals surface area contributed by atoms with Crippen LogP contribution in [0.3, 0.4) is 0 Å². The van der Waals surface area contributed by atoms with Gasteiger partial charge in [-0.25, -0.2) is 4.68 Å². The number of anilines is 1. The summed E-state index contributed by atoms with van der Waals surface area (Å²) in [5.74, 6) is 1.74. The minimum Gasteiger partial charge on any atom is -0.297 e. The van der Waals surface area contributed by atoms with Gasteiger partial charge in [0, 0.05) is 6.20 Å². The molecule has 0 bridgehead atoms. The van der Waals surface area contributed by atoms with E-state index in [0.29, 0.717) is 11.4 Å². The van der Waals surface area contributed by atoms with Gasteiger partial charge in [-0.2, -0.15) is 5.10 Å². The molecule has 2 heterocycles. The van der Waals surface area contributed by atoms with Crippen LogP contribution in [0.25, 0.3) is 5.69 Å². The minimum atomic E-state index is -0.990. The van der Waals surface area contributed by atoms with Gasteiger partial charge in [0.1, 0.15) is 18.2 Å². The molecule has 132 valence electrons. The van der Waals surface area contributed by atoms with Gasteiger partial charge in [0.2, 0.25) is 0 Å². The zero-order valence-electron chi connectivity index (χ0n) is 13.7. The lowest BCUT2D eigenvalue weighted by Crippen LogP contribution is -2.42. The summed E-state index contributed by atoms with van der Waals surface area (Å²) in [5, 5.41) is 3.29. The smallest absolute Gasteiger partial charge is 0.253 e. The van der Waals surface area contributed by atoms with Crippen LogP contribution in [0.15, 0.2) is 30.7 Å². The monoisotopic (exact) mass is 406 g/mol. The van der Waals surface area contributed by atoms with Gasteiger partial charge in [-0.1, -0.05) is 17.5 Å². The number of nitrogens with zero attached hydrogens (tertiary/aromatic N) is 4. The van der Waals surface area contributed by atoms with Crippen molar-refractivity contribution >= 4 is 52.5 Å². The van der Waals surface area contributed by atoms with Crippen molar-refractivity contribution in [1.29, 1.82) is 0 Å². The zero-order chi connectivity index (χ0) is 19.1. The number of pyridine rings is 1. The topological polar surface area (TPSA) is 68.1 Å². The molecular formula is C17H15ClN4O2S2+2. The van der Waals surface area contributed by atoms with Gasteiger partial charge >= 0.3 is 0 Å². The SMILES string of the molecule is C#CCN(C(=O)C(S[CH2+])C(=O)CS[CH2+])c1cn(-c2cccnc2)nc1Cl. The van der Waals surface area contributed by atoms with Crippen molar-refractivity contribution < 1.29 is 9.59 Å². The Kier molecular flexibility index (Phi) is 7.33. The highest BCUT2D eigenvalue weighted by Gasteiger charge is 2.35. The highest BCUT2D eigenvalue weighted by molar-refractivity contribution is 8.03. The summed E-state index contributed by atoms with van der Waals surface area (Å²) in [6.07, 6.45) is 17.4. The van der Waals surface area contributed by atoms with E-state index in [1.807, 2.05) is 0 Å². The number of ketones is 1. The molecule has 0 aliphatic heterocycles. The third kappa shape index (κ3) is 4.49. The predicted molar refractivity (Wildman–Crippen MR) is 107 cm³/mol. The Morgan fingerprint density at radius 1 is 1.46 bits per heavy atom. The summed E-state index contributed by atoms with van der Waals surface area (Å²) in [4.78, 5) is 30.4. The molecule has 1 atom stereocenters. The summed E-state index contributed by atoms with van der Waals surface area (Å²) in [6.45, 7) is -0.0564. The average molecular weight is 407 g/mol. The first-order valence-corrected chi connectivity index (χ1v) is 9.82. The molecule has 0 fully saturated rings. The fraction of sp³-hybridized carbons (Fsp3) is 0.176. The Labute approximate surface area is 165 Å². The summed E-state index contributed by atoms with van der Waals surface area (Å²) >= 11 is 8.22. The Bertz CT molecular complexity index is 820. The molecular weight excluding hydrogens is 392 g/mol. The summed E-state index contributed by atoms with van der Waals surface area (Å²) in [5.41, 5.74) is 0.981. The van der Waals surface area contributed by atoms with E-state index < -0.39 is 11.2 Å². The van der Waals surface area contributed by atoms with Crippen LogP contribution in [0.2, 0.25) is 5.15 Å². The molecule has 1 unspecified atom stereocenters. The number of carbonyl (C=O) groups is 2. The number of thioether (sulfide) groups is 2. The molecule has 0 radical (unpaired) electrons. The lowest BCUT2D eigenvalue weighted by Gasteiger charge is -2.21. The largest absolute Gasteiger partial charge is 0.297 e. The number of hydrogen-bond donors (Lipinski definition) is 0. The number of hydrogen-bond acceptors (Lipinski definition) is 6. The maximum atomic E-state index is 12.9. The van der Waals surface area contributed by atoms with E-state index in [-0.39, 0.29) is 23.2 Å². The maximum Gasteiger partial charge on any atom is 0.253 e. The van der Waals surface area contributed by atoms with Crippen molar-refractivity contribution in [2.75, 3.05) is 17.2 Å². The minimum absolute atomic E-state index is 0.0564. The summed E-state index contributed by atoms with van der Waals surface area (Å²) in [6, 6.07) is 3.54. The lowest BCUT2D eigenvalue weighted by molar-refractivity contribution is -0.124. The van der Waals surface area contributed by atoms with Gasteiger partial charge < -0.3 is 0 Å². The molecule has 0 aliphatic carbocycles. The molecule has 0 spiro atoms. The molecule has 0 saturated heterocycles. The summed E-state index contributed by atoms with van der Waals surface area (Å²) in [7, 11) is 0. The van der Waals surface area contributed by atoms with Crippen LogP contribution >= 0.6 is 35.1 Å². The lowest BCUT2D eigenvalue weighted by atomic mass is 10.2. The molecule has 0 aromatic carbocycles. The van der Waals surface area contributed by atoms with Crippen molar-refractivity contribution in [3.05, 3.63) is 48.4 Å². The molecule has 2 aromatic rings. The second-order valence-corrected chi connectivity index (χ2v) is 6.81. The average Bonchev–Trinajstić information content (AvgIpc) is 3.02. The third-order valence-electron chi connectivity index (χ3n) is 3.30. The zero-order valence-corrected chi connectivity index (χ0v) is 16.1. The second kappa shape index (κ2) is 9.48. The van der Waals surface area contributed by atoms with E-state index in [9.17, 15) is 9.59 Å². The second-order valence-electron chi connectivity index (χ2n) is 4.95. The van der Waals surface area contributed by atoms with Crippen molar-refractivity contribution in [1.82, 2.24) is 14.8 Å². The van der Waals surface area contributed by atoms with Crippen LogP contribution in [0.4, 0.5) is 5.69 Å². The first kappa shape index (κ1) is 20.1. The van der Waals surface area contributed by atoms with Crippen LogP contribution in [-0.4, -0.2) is 44.0 Å². The van der Waals surface area contributed by atoms with Crippen LogP contribution in [0, 0.1) is 24.9 Å². The fourth-order valence-corrected chi connectivity index (χ4v) is 3.38. The molecule has 0 N–H and O–H groups in total. The van der Waals surface area contributed by atoms with Crippen LogP contribution in [0.5, 0.6) is 0 Å². The van der Waals surface area contributed by atoms with Crippen molar-refractivity contribution in [2.45, 2.75) is 5.25 Å². The number of aromatic nitrogens is 3. The first-order chi connectivity index (χ1) is 12.5. The van der Waals surface area contributed by atoms with Gasteiger partial charge in [-0.05, 0) is 12.1 Å². The van der Waals surface area contributed by atoms with E-state index in [4.69, 9.17) is 18.0 Å². The Morgan fingerprint density at radius 2 is 2.23 bits per heavy atom. The molecule has 6 nitrogen and oxygen atoms in total. The third-order valence-corrected chi connectivity index (χ3v) is 4.85. The number of halogens is 1. The standard InChI is InChI=1S/C17H15ClN4O2S2/c1-4-8-21(17(24)15(26-3)14(23)11-25-2)13-10-22(20-16(13)18)12-6-5-7-19-9-12/h1,5-7,9-10,15H,2-3,8,11H2/q+2. The van der Waals surface area contributed by atoms with Gasteiger partial charge in [0.05, 0.1) is 53.9 Å². The number of carbonyl (C=O) groups excluding carboxylic acids is 2. The molecule has 0 saturated carbocycles. The van der Waals surface area contributed by atoms with Crippen LogP contribution in [-0.2, 0) is 9.59 Å². The van der Waals surface area contributed by atoms with Gasteiger partial charge in [0.25, 0.3) is 5.91 Å². The van der Waals surface area contributed by atoms with Crippen molar-refractivity contribution in [3.63, 3.8) is 0 Å². The van der Waals surface area contributed by atoms with E-state index in [0.717, 1.165) is 23.5 Å². The highest BCUT2D eigenvalue weighted by atomic mass is 35.5. The van der Waals surface area contributed by atoms with E-state index in [2.05, 4.69) is 28.5 Å². The highest BCUT2D eigenvalue weighted by Crippen LogP contribution is 2.28. The Balaban J connectivity index is 2.38. The first-order valence-electron chi connectivity index (χ1n) is 7.24. The number of Topliss-reactive ketones (excluding diaryl/α,β-unsaturated/α-hetero) is 1. The van der Waals surface area contributed by atoms with Crippen molar-refractivity contribution in [2.24, 2.45) is 0 Å². The van der Waals surface area contributed by atoms with Crippen LogP contribution < -0.4 is 4.90 Å². The molecule has 9 heteroatoms. The van der Waals surface area contributed by atoms with E-state index >= 15 is 0 Å². The van der Waals surface area contributed by atoms with Crippen molar-refractivity contribution in [3.8, 4) is 18.0 Å². The maximum absolute atomic E-state index is 12.9. The predicted octanol–water partition coefficient (Wildman–Crippen LogP) is 2.87. The molecule has 0 aliphatic rings. The molecule has 1 amide bonds. The molecule has 2 rings (SSSR count). The number of rotatable bonds is 8. The van der Waals surface area contributed by atoms with Gasteiger partial charge in [-0.15, -0.1) is 6.42 Å². The van der Waals surface area contributed by atoms with Gasteiger partial charge in [0.15, 0.2) is 16.2 Å². The van der Waals surface area contributed by atoms with Crippen LogP contribution in [0.1, 0.15) is 0 Å². The molecule has 2 aromatic heterocycles. The van der Waals surface area contributed by atoms with Gasteiger partial charge in [-0.3, -0.25) is 19.5 Å². The number of terminal acetylenes is 1. The van der Waals surface area contributed by atoms with E-state index in [1.165, 1.54) is 9.58 Å². The molecule has 26 heavy (non-hydrogen) atoms. The Hall–Kier alpha value is -2.21. The quantitative estimate of drug-likeness (QED) is 0.381. The normalized spacial score (nSPS) is 11.5.